The average molecular weight is 174 g/mol. The fourth-order valence-corrected chi connectivity index (χ4v) is 1.06. The summed E-state index contributed by atoms with van der Waals surface area (Å²) >= 11 is 3.74. The second-order valence-corrected chi connectivity index (χ2v) is 2.60. The molecule has 0 saturated carbocycles. The second-order valence-electron chi connectivity index (χ2n) is 1.43. The summed E-state index contributed by atoms with van der Waals surface area (Å²) in [4.78, 5) is 21.4. The largest absolute Gasteiger partial charge is 0.337 e. The predicted octanol–water partition coefficient (Wildman–Crippen LogP) is 0.967. The molecule has 4 nitrogen and oxygen atoms in total. The molecule has 1 rings (SSSR count). The lowest BCUT2D eigenvalue weighted by Crippen LogP contribution is -2.13. The number of hydrogen-bond donors (Lipinski definition) is 1. The smallest absolute Gasteiger partial charge is 0.282 e. The lowest BCUT2D eigenvalue weighted by atomic mass is 10.3. The molecule has 0 bridgehead atoms. The van der Waals surface area contributed by atoms with Crippen LogP contribution in [-0.2, 0) is 9.59 Å². The molecule has 0 aromatic heterocycles. The third-order valence-corrected chi connectivity index (χ3v) is 1.92. The van der Waals surface area contributed by atoms with Crippen molar-refractivity contribution in [2.75, 3.05) is 0 Å². The summed E-state index contributed by atoms with van der Waals surface area (Å²) in [6.45, 7) is 0. The minimum Gasteiger partial charge on any atom is -0.282 e. The van der Waals surface area contributed by atoms with Crippen molar-refractivity contribution in [1.82, 2.24) is 0 Å². The Balaban J connectivity index is 2.92. The first-order valence-corrected chi connectivity index (χ1v) is 4.13. The fourth-order valence-electron chi connectivity index (χ4n) is 0.408. The molecular weight excluding hydrogens is 172 g/mol. The third-order valence-electron chi connectivity index (χ3n) is 0.840. The Hall–Kier alpha value is -0.620. The third kappa shape index (κ3) is 1.27. The maximum Gasteiger partial charge on any atom is 0.337 e. The zero-order chi connectivity index (χ0) is 7.56. The molecule has 0 aromatic carbocycles. The summed E-state index contributed by atoms with van der Waals surface area (Å²) in [7, 11) is 0.889. The highest BCUT2D eigenvalue weighted by Gasteiger charge is 2.20. The van der Waals surface area contributed by atoms with Gasteiger partial charge >= 0.3 is 5.91 Å². The van der Waals surface area contributed by atoms with Crippen molar-refractivity contribution in [3.63, 3.8) is 0 Å². The minimum atomic E-state index is -0.834. The van der Waals surface area contributed by atoms with Crippen LogP contribution in [-0.4, -0.2) is 11.7 Å². The van der Waals surface area contributed by atoms with Crippen molar-refractivity contribution >= 4 is 34.1 Å². The van der Waals surface area contributed by atoms with Gasteiger partial charge in [-0.3, -0.25) is 9.59 Å². The van der Waals surface area contributed by atoms with Crippen LogP contribution in [0, 0.1) is 0 Å². The molecule has 0 atom stereocenters. The van der Waals surface area contributed by atoms with Gasteiger partial charge in [-0.1, -0.05) is 10.8 Å². The number of rotatable bonds is 1. The van der Waals surface area contributed by atoms with Crippen molar-refractivity contribution in [3.05, 3.63) is 11.1 Å². The molecule has 0 aromatic rings. The molecule has 0 spiro atoms. The molecular formula is C4H2N2O2S2. The number of ketones is 1. The van der Waals surface area contributed by atoms with Gasteiger partial charge in [0.05, 0.1) is 11.1 Å². The van der Waals surface area contributed by atoms with Crippen LogP contribution in [0.4, 0.5) is 0 Å². The average Bonchev–Trinajstić information content (AvgIpc) is 1.95. The van der Waals surface area contributed by atoms with Crippen LogP contribution in [0.25, 0.3) is 0 Å². The highest BCUT2D eigenvalue weighted by molar-refractivity contribution is 8.70. The van der Waals surface area contributed by atoms with Crippen LogP contribution in [0.3, 0.4) is 0 Å². The van der Waals surface area contributed by atoms with E-state index in [9.17, 15) is 9.59 Å². The Labute approximate surface area is 65.6 Å². The van der Waals surface area contributed by atoms with Crippen molar-refractivity contribution in [2.45, 2.75) is 0 Å². The molecule has 0 saturated heterocycles. The SMILES string of the molecule is O=C1N=NC=C(SS)C1=O. The highest BCUT2D eigenvalue weighted by Crippen LogP contribution is 2.22. The number of hydrogen-bond acceptors (Lipinski definition) is 5. The Morgan fingerprint density at radius 1 is 1.50 bits per heavy atom. The summed E-state index contributed by atoms with van der Waals surface area (Å²) in [5, 5.41) is 6.31. The maximum absolute atomic E-state index is 10.7. The van der Waals surface area contributed by atoms with Crippen LogP contribution in [0.1, 0.15) is 0 Å². The van der Waals surface area contributed by atoms with E-state index in [2.05, 4.69) is 21.9 Å². The topological polar surface area (TPSA) is 58.9 Å². The standard InChI is InChI=1S/C4H2N2O2S2/c7-3-2(10-9)1-5-6-4(3)8/h1,9H. The summed E-state index contributed by atoms with van der Waals surface area (Å²) in [6, 6.07) is 0. The Morgan fingerprint density at radius 3 is 2.70 bits per heavy atom. The van der Waals surface area contributed by atoms with Crippen LogP contribution in [0.15, 0.2) is 21.3 Å². The van der Waals surface area contributed by atoms with Crippen molar-refractivity contribution in [2.24, 2.45) is 10.2 Å². The predicted molar refractivity (Wildman–Crippen MR) is 39.5 cm³/mol. The van der Waals surface area contributed by atoms with Crippen molar-refractivity contribution in [3.8, 4) is 0 Å². The molecule has 1 aliphatic rings. The summed E-state index contributed by atoms with van der Waals surface area (Å²) in [5.41, 5.74) is 0. The monoisotopic (exact) mass is 174 g/mol. The lowest BCUT2D eigenvalue weighted by Gasteiger charge is -1.98. The molecule has 6 heteroatoms. The van der Waals surface area contributed by atoms with Crippen molar-refractivity contribution < 1.29 is 9.59 Å². The van der Waals surface area contributed by atoms with E-state index in [1.54, 1.807) is 0 Å². The number of thiol groups is 1. The quantitative estimate of drug-likeness (QED) is 0.366. The summed E-state index contributed by atoms with van der Waals surface area (Å²) in [5.74, 6) is -1.48. The first kappa shape index (κ1) is 7.49. The number of azo groups is 1. The highest BCUT2D eigenvalue weighted by atomic mass is 33.1. The number of Topliss-reactive ketones (excluding diaryl/α,β-unsaturated/α-hetero) is 1. The fraction of sp³-hybridized carbons (Fsp3) is 0. The molecule has 0 unspecified atom stereocenters. The molecule has 1 heterocycles. The second kappa shape index (κ2) is 2.98. The maximum atomic E-state index is 10.7. The lowest BCUT2D eigenvalue weighted by molar-refractivity contribution is -0.133. The number of amides is 1. The molecule has 52 valence electrons. The number of carbonyl (C=O) groups excluding carboxylic acids is 2. The summed E-state index contributed by atoms with van der Waals surface area (Å²) in [6.07, 6.45) is 1.21. The van der Waals surface area contributed by atoms with E-state index in [4.69, 9.17) is 0 Å². The van der Waals surface area contributed by atoms with E-state index in [-0.39, 0.29) is 4.91 Å². The molecule has 0 radical (unpaired) electrons. The van der Waals surface area contributed by atoms with Gasteiger partial charge in [-0.2, -0.15) is 5.11 Å². The number of nitrogens with zero attached hydrogens (tertiary/aromatic N) is 2. The number of carbonyl (C=O) groups is 2. The van der Waals surface area contributed by atoms with Gasteiger partial charge in [-0.05, 0) is 0 Å². The van der Waals surface area contributed by atoms with E-state index in [1.807, 2.05) is 0 Å². The van der Waals surface area contributed by atoms with Gasteiger partial charge in [0.1, 0.15) is 0 Å². The Morgan fingerprint density at radius 2 is 2.20 bits per heavy atom. The minimum absolute atomic E-state index is 0.211. The van der Waals surface area contributed by atoms with E-state index in [1.165, 1.54) is 6.20 Å². The first-order valence-electron chi connectivity index (χ1n) is 2.27. The van der Waals surface area contributed by atoms with E-state index in [0.717, 1.165) is 10.8 Å². The van der Waals surface area contributed by atoms with Crippen molar-refractivity contribution in [1.29, 1.82) is 0 Å². The van der Waals surface area contributed by atoms with E-state index < -0.39 is 11.7 Å². The molecule has 0 fully saturated rings. The Kier molecular flexibility index (Phi) is 2.23. The van der Waals surface area contributed by atoms with Gasteiger partial charge < -0.3 is 0 Å². The van der Waals surface area contributed by atoms with Gasteiger partial charge in [-0.15, -0.1) is 16.8 Å². The van der Waals surface area contributed by atoms with Gasteiger partial charge in [0.25, 0.3) is 5.78 Å². The molecule has 1 amide bonds. The van der Waals surface area contributed by atoms with Crippen LogP contribution >= 0.6 is 22.5 Å². The van der Waals surface area contributed by atoms with Crippen LogP contribution in [0.5, 0.6) is 0 Å². The zero-order valence-electron chi connectivity index (χ0n) is 4.64. The first-order chi connectivity index (χ1) is 4.75. The molecule has 0 aliphatic carbocycles. The molecule has 10 heavy (non-hydrogen) atoms. The molecule has 0 N–H and O–H groups in total. The van der Waals surface area contributed by atoms with Gasteiger partial charge in [-0.25, -0.2) is 0 Å². The van der Waals surface area contributed by atoms with Crippen LogP contribution in [0.2, 0.25) is 0 Å². The summed E-state index contributed by atoms with van der Waals surface area (Å²) < 4.78 is 0. The van der Waals surface area contributed by atoms with Gasteiger partial charge in [0.15, 0.2) is 0 Å². The van der Waals surface area contributed by atoms with Crippen LogP contribution < -0.4 is 0 Å². The normalized spacial score (nSPS) is 17.5. The van der Waals surface area contributed by atoms with Gasteiger partial charge in [0.2, 0.25) is 0 Å². The molecule has 1 aliphatic heterocycles. The van der Waals surface area contributed by atoms with E-state index >= 15 is 0 Å². The van der Waals surface area contributed by atoms with E-state index in [0.29, 0.717) is 0 Å². The van der Waals surface area contributed by atoms with Gasteiger partial charge in [0, 0.05) is 0 Å². The Bertz CT molecular complexity index is 246. The zero-order valence-corrected chi connectivity index (χ0v) is 6.35.